The standard InChI is InChI=1S/C16H14Br2O3/c1-20-10-3-4-13(18)11(7-10)16-8-14(19)12-6-9(17)2-5-15(12)21-16/h2-7,14,16,19H,8H2,1H3/t14-,16?/m1/s1. The molecule has 0 amide bonds. The summed E-state index contributed by atoms with van der Waals surface area (Å²) in [4.78, 5) is 0. The van der Waals surface area contributed by atoms with Crippen molar-refractivity contribution in [1.29, 1.82) is 0 Å². The minimum Gasteiger partial charge on any atom is -0.497 e. The van der Waals surface area contributed by atoms with Crippen LogP contribution in [0.3, 0.4) is 0 Å². The van der Waals surface area contributed by atoms with Gasteiger partial charge in [-0.25, -0.2) is 0 Å². The summed E-state index contributed by atoms with van der Waals surface area (Å²) in [6.45, 7) is 0. The number of ether oxygens (including phenoxy) is 2. The molecule has 0 spiro atoms. The lowest BCUT2D eigenvalue weighted by Gasteiger charge is -2.30. The van der Waals surface area contributed by atoms with Crippen molar-refractivity contribution in [2.24, 2.45) is 0 Å². The molecule has 0 saturated heterocycles. The van der Waals surface area contributed by atoms with Gasteiger partial charge in [-0.2, -0.15) is 0 Å². The molecule has 21 heavy (non-hydrogen) atoms. The molecule has 2 atom stereocenters. The average Bonchev–Trinajstić information content (AvgIpc) is 2.48. The van der Waals surface area contributed by atoms with Crippen LogP contribution in [-0.4, -0.2) is 12.2 Å². The summed E-state index contributed by atoms with van der Waals surface area (Å²) in [7, 11) is 1.64. The summed E-state index contributed by atoms with van der Waals surface area (Å²) >= 11 is 6.96. The van der Waals surface area contributed by atoms with Gasteiger partial charge in [0.1, 0.15) is 17.6 Å². The van der Waals surface area contributed by atoms with Crippen LogP contribution in [-0.2, 0) is 0 Å². The molecule has 0 fully saturated rings. The van der Waals surface area contributed by atoms with E-state index < -0.39 is 6.10 Å². The minimum absolute atomic E-state index is 0.210. The third-order valence-corrected chi connectivity index (χ3v) is 4.80. The van der Waals surface area contributed by atoms with Crippen LogP contribution in [0, 0.1) is 0 Å². The molecular weight excluding hydrogens is 400 g/mol. The maximum atomic E-state index is 10.4. The van der Waals surface area contributed by atoms with E-state index in [-0.39, 0.29) is 6.10 Å². The molecule has 0 saturated carbocycles. The van der Waals surface area contributed by atoms with Crippen LogP contribution in [0.5, 0.6) is 11.5 Å². The largest absolute Gasteiger partial charge is 0.497 e. The van der Waals surface area contributed by atoms with Crippen LogP contribution in [0.25, 0.3) is 0 Å². The van der Waals surface area contributed by atoms with Crippen LogP contribution < -0.4 is 9.47 Å². The molecule has 1 N–H and O–H groups in total. The van der Waals surface area contributed by atoms with Gasteiger partial charge in [0, 0.05) is 26.5 Å². The summed E-state index contributed by atoms with van der Waals surface area (Å²) in [5, 5.41) is 10.4. The summed E-state index contributed by atoms with van der Waals surface area (Å²) in [5.41, 5.74) is 1.79. The Labute approximate surface area is 140 Å². The number of halogens is 2. The number of rotatable bonds is 2. The molecule has 0 aromatic heterocycles. The first kappa shape index (κ1) is 14.9. The number of fused-ring (bicyclic) bond motifs is 1. The maximum absolute atomic E-state index is 10.4. The Morgan fingerprint density at radius 1 is 1.14 bits per heavy atom. The van der Waals surface area contributed by atoms with Crippen LogP contribution in [0.1, 0.15) is 29.8 Å². The van der Waals surface area contributed by atoms with Gasteiger partial charge in [-0.05, 0) is 36.4 Å². The molecule has 1 unspecified atom stereocenters. The topological polar surface area (TPSA) is 38.7 Å². The second-order valence-corrected chi connectivity index (χ2v) is 6.70. The highest BCUT2D eigenvalue weighted by atomic mass is 79.9. The van der Waals surface area contributed by atoms with Gasteiger partial charge >= 0.3 is 0 Å². The minimum atomic E-state index is -0.547. The zero-order valence-corrected chi connectivity index (χ0v) is 14.5. The molecule has 3 nitrogen and oxygen atoms in total. The van der Waals surface area contributed by atoms with Crippen LogP contribution in [0.4, 0.5) is 0 Å². The van der Waals surface area contributed by atoms with Crippen LogP contribution >= 0.6 is 31.9 Å². The third-order valence-electron chi connectivity index (χ3n) is 3.59. The second kappa shape index (κ2) is 5.99. The van der Waals surface area contributed by atoms with Gasteiger partial charge < -0.3 is 14.6 Å². The number of methoxy groups -OCH3 is 1. The fraction of sp³-hybridized carbons (Fsp3) is 0.250. The number of aliphatic hydroxyl groups excluding tert-OH is 1. The Bertz CT molecular complexity index is 673. The highest BCUT2D eigenvalue weighted by molar-refractivity contribution is 9.10. The van der Waals surface area contributed by atoms with E-state index >= 15 is 0 Å². The Morgan fingerprint density at radius 3 is 2.71 bits per heavy atom. The number of hydrogen-bond donors (Lipinski definition) is 1. The monoisotopic (exact) mass is 412 g/mol. The molecule has 5 heteroatoms. The third kappa shape index (κ3) is 2.96. The Morgan fingerprint density at radius 2 is 1.95 bits per heavy atom. The van der Waals surface area contributed by atoms with E-state index in [2.05, 4.69) is 31.9 Å². The first-order valence-corrected chi connectivity index (χ1v) is 8.14. The Balaban J connectivity index is 1.97. The normalized spacial score (nSPS) is 20.6. The van der Waals surface area contributed by atoms with Gasteiger partial charge in [-0.3, -0.25) is 0 Å². The van der Waals surface area contributed by atoms with Gasteiger partial charge in [0.15, 0.2) is 0 Å². The lowest BCUT2D eigenvalue weighted by molar-refractivity contribution is 0.0652. The first-order valence-electron chi connectivity index (χ1n) is 6.56. The Kier molecular flexibility index (Phi) is 4.24. The first-order chi connectivity index (χ1) is 10.1. The smallest absolute Gasteiger partial charge is 0.128 e. The SMILES string of the molecule is COc1ccc(Br)c(C2C[C@@H](O)c3cc(Br)ccc3O2)c1. The number of benzene rings is 2. The molecule has 110 valence electrons. The van der Waals surface area contributed by atoms with E-state index in [0.29, 0.717) is 6.42 Å². The lowest BCUT2D eigenvalue weighted by Crippen LogP contribution is -2.19. The highest BCUT2D eigenvalue weighted by Crippen LogP contribution is 2.43. The summed E-state index contributed by atoms with van der Waals surface area (Å²) in [6, 6.07) is 11.4. The molecule has 2 aromatic rings. The van der Waals surface area contributed by atoms with Crippen molar-refractivity contribution in [1.82, 2.24) is 0 Å². The van der Waals surface area contributed by atoms with E-state index in [1.165, 1.54) is 0 Å². The van der Waals surface area contributed by atoms with Crippen molar-refractivity contribution >= 4 is 31.9 Å². The van der Waals surface area contributed by atoms with Crippen LogP contribution in [0.15, 0.2) is 45.3 Å². The predicted molar refractivity (Wildman–Crippen MR) is 87.8 cm³/mol. The fourth-order valence-corrected chi connectivity index (χ4v) is 3.38. The van der Waals surface area contributed by atoms with Crippen molar-refractivity contribution in [3.8, 4) is 11.5 Å². The zero-order chi connectivity index (χ0) is 15.0. The number of hydrogen-bond acceptors (Lipinski definition) is 3. The van der Waals surface area contributed by atoms with E-state index in [1.54, 1.807) is 7.11 Å². The summed E-state index contributed by atoms with van der Waals surface area (Å²) in [6.07, 6.45) is -0.248. The van der Waals surface area contributed by atoms with Gasteiger partial charge in [0.05, 0.1) is 13.2 Å². The second-order valence-electron chi connectivity index (χ2n) is 4.93. The summed E-state index contributed by atoms with van der Waals surface area (Å²) in [5.74, 6) is 1.49. The van der Waals surface area contributed by atoms with Crippen LogP contribution in [0.2, 0.25) is 0 Å². The average molecular weight is 414 g/mol. The maximum Gasteiger partial charge on any atom is 0.128 e. The Hall–Kier alpha value is -1.04. The van der Waals surface area contributed by atoms with Gasteiger partial charge in [0.25, 0.3) is 0 Å². The highest BCUT2D eigenvalue weighted by Gasteiger charge is 2.29. The van der Waals surface area contributed by atoms with E-state index in [9.17, 15) is 5.11 Å². The molecule has 2 aromatic carbocycles. The lowest BCUT2D eigenvalue weighted by atomic mass is 9.95. The molecule has 0 aliphatic carbocycles. The molecule has 1 aliphatic rings. The molecule has 1 aliphatic heterocycles. The van der Waals surface area contributed by atoms with Gasteiger partial charge in [-0.15, -0.1) is 0 Å². The molecule has 0 bridgehead atoms. The van der Waals surface area contributed by atoms with E-state index in [4.69, 9.17) is 9.47 Å². The van der Waals surface area contributed by atoms with Crippen molar-refractivity contribution in [2.75, 3.05) is 7.11 Å². The van der Waals surface area contributed by atoms with Crippen molar-refractivity contribution < 1.29 is 14.6 Å². The molecule has 3 rings (SSSR count). The van der Waals surface area contributed by atoms with Crippen molar-refractivity contribution in [3.05, 3.63) is 56.5 Å². The molecule has 1 heterocycles. The predicted octanol–water partition coefficient (Wildman–Crippen LogP) is 4.78. The zero-order valence-electron chi connectivity index (χ0n) is 11.3. The van der Waals surface area contributed by atoms with Crippen molar-refractivity contribution in [3.63, 3.8) is 0 Å². The fourth-order valence-electron chi connectivity index (χ4n) is 2.50. The van der Waals surface area contributed by atoms with Gasteiger partial charge in [0.2, 0.25) is 0 Å². The molecule has 0 radical (unpaired) electrons. The van der Waals surface area contributed by atoms with E-state index in [0.717, 1.165) is 31.6 Å². The summed E-state index contributed by atoms with van der Waals surface area (Å²) < 4.78 is 13.2. The van der Waals surface area contributed by atoms with E-state index in [1.807, 2.05) is 36.4 Å². The van der Waals surface area contributed by atoms with Gasteiger partial charge in [-0.1, -0.05) is 31.9 Å². The number of aliphatic hydroxyl groups is 1. The quantitative estimate of drug-likeness (QED) is 0.769. The molecular formula is C16H14Br2O3. The van der Waals surface area contributed by atoms with Crippen molar-refractivity contribution in [2.45, 2.75) is 18.6 Å².